The Balaban J connectivity index is 1.82. The highest BCUT2D eigenvalue weighted by Gasteiger charge is 2.44. The molecule has 0 radical (unpaired) electrons. The number of thiophene rings is 2. The topological polar surface area (TPSA) is 59.1 Å². The van der Waals surface area contributed by atoms with Gasteiger partial charge in [-0.2, -0.15) is 0 Å². The molecule has 0 unspecified atom stereocenters. The Morgan fingerprint density at radius 1 is 0.750 bits per heavy atom. The lowest BCUT2D eigenvalue weighted by molar-refractivity contribution is 0.0372. The number of fused-ring (bicyclic) bond motifs is 1. The van der Waals surface area contributed by atoms with Crippen LogP contribution < -0.4 is 0 Å². The summed E-state index contributed by atoms with van der Waals surface area (Å²) in [6, 6.07) is 7.91. The molecule has 170 valence electrons. The van der Waals surface area contributed by atoms with Gasteiger partial charge in [-0.15, -0.1) is 22.7 Å². The lowest BCUT2D eigenvalue weighted by Crippen LogP contribution is -2.37. The monoisotopic (exact) mass is 472 g/mol. The van der Waals surface area contributed by atoms with Crippen molar-refractivity contribution in [1.82, 2.24) is 9.80 Å². The van der Waals surface area contributed by atoms with Crippen LogP contribution in [0.4, 0.5) is 9.59 Å². The van der Waals surface area contributed by atoms with E-state index in [0.717, 1.165) is 32.3 Å². The maximum atomic E-state index is 13.1. The highest BCUT2D eigenvalue weighted by Crippen LogP contribution is 2.47. The zero-order chi connectivity index (χ0) is 23.3. The van der Waals surface area contributed by atoms with E-state index < -0.39 is 11.2 Å². The zero-order valence-corrected chi connectivity index (χ0v) is 20.9. The first kappa shape index (κ1) is 22.6. The van der Waals surface area contributed by atoms with Crippen LogP contribution >= 0.6 is 22.7 Å². The number of carbonyl (C=O) groups excluding carboxylic acids is 2. The van der Waals surface area contributed by atoms with E-state index in [1.54, 1.807) is 32.5 Å². The Morgan fingerprint density at radius 2 is 1.12 bits per heavy atom. The van der Waals surface area contributed by atoms with Gasteiger partial charge in [-0.25, -0.2) is 9.59 Å². The molecule has 8 heteroatoms. The molecule has 0 fully saturated rings. The molecular weight excluding hydrogens is 444 g/mol. The zero-order valence-electron chi connectivity index (χ0n) is 19.2. The normalized spacial score (nSPS) is 16.7. The van der Waals surface area contributed by atoms with Crippen LogP contribution in [0.1, 0.15) is 51.3 Å². The number of hydrogen-bond acceptors (Lipinski definition) is 6. The molecule has 0 bridgehead atoms. The highest BCUT2D eigenvalue weighted by molar-refractivity contribution is 7.11. The summed E-state index contributed by atoms with van der Waals surface area (Å²) in [6.07, 6.45) is -0.769. The van der Waals surface area contributed by atoms with Crippen LogP contribution in [0.25, 0.3) is 11.4 Å². The van der Waals surface area contributed by atoms with E-state index >= 15 is 0 Å². The fourth-order valence-corrected chi connectivity index (χ4v) is 5.37. The molecule has 0 spiro atoms. The summed E-state index contributed by atoms with van der Waals surface area (Å²) < 4.78 is 11.4. The maximum Gasteiger partial charge on any atom is 0.415 e. The van der Waals surface area contributed by atoms with E-state index in [1.807, 2.05) is 76.6 Å². The van der Waals surface area contributed by atoms with E-state index in [1.165, 1.54) is 0 Å². The summed E-state index contributed by atoms with van der Waals surface area (Å²) in [7, 11) is 0. The number of hydrogen-bond donors (Lipinski definition) is 0. The fourth-order valence-electron chi connectivity index (χ4n) is 3.76. The summed E-state index contributed by atoms with van der Waals surface area (Å²) in [5.74, 6) is 0. The van der Waals surface area contributed by atoms with Crippen molar-refractivity contribution in [3.8, 4) is 0 Å². The highest BCUT2D eigenvalue weighted by atomic mass is 32.1. The lowest BCUT2D eigenvalue weighted by atomic mass is 10.1. The van der Waals surface area contributed by atoms with Crippen molar-refractivity contribution in [3.63, 3.8) is 0 Å². The Kier molecular flexibility index (Phi) is 5.71. The molecule has 0 saturated carbocycles. The maximum absolute atomic E-state index is 13.1. The molecule has 0 aliphatic carbocycles. The third-order valence-corrected chi connectivity index (χ3v) is 6.60. The first-order chi connectivity index (χ1) is 14.9. The van der Waals surface area contributed by atoms with E-state index in [-0.39, 0.29) is 12.2 Å². The average molecular weight is 473 g/mol. The fraction of sp³-hybridized carbons (Fsp3) is 0.417. The molecule has 0 atom stereocenters. The molecule has 0 saturated heterocycles. The van der Waals surface area contributed by atoms with Gasteiger partial charge in [0, 0.05) is 11.1 Å². The molecule has 2 aromatic rings. The third-order valence-electron chi connectivity index (χ3n) is 4.85. The van der Waals surface area contributed by atoms with Crippen molar-refractivity contribution >= 4 is 46.3 Å². The van der Waals surface area contributed by atoms with Crippen molar-refractivity contribution in [2.45, 2.75) is 52.7 Å². The van der Waals surface area contributed by atoms with Gasteiger partial charge in [-0.05, 0) is 64.4 Å². The number of amides is 2. The molecule has 2 aliphatic rings. The SMILES string of the molecule is CC(C)(C)OC(=O)N1CC2=C(c3cccs3)N(C(=O)OC(C)(C)C)CC2=C1c1cccs1. The Labute approximate surface area is 196 Å². The predicted molar refractivity (Wildman–Crippen MR) is 128 cm³/mol. The van der Waals surface area contributed by atoms with Crippen LogP contribution in [0.3, 0.4) is 0 Å². The summed E-state index contributed by atoms with van der Waals surface area (Å²) in [5.41, 5.74) is 2.34. The van der Waals surface area contributed by atoms with Crippen LogP contribution in [-0.2, 0) is 9.47 Å². The van der Waals surface area contributed by atoms with Gasteiger partial charge in [0.2, 0.25) is 0 Å². The average Bonchev–Trinajstić information content (AvgIpc) is 3.41. The number of rotatable bonds is 2. The Bertz CT molecular complexity index is 996. The van der Waals surface area contributed by atoms with Gasteiger partial charge in [0.15, 0.2) is 0 Å². The Morgan fingerprint density at radius 3 is 1.41 bits per heavy atom. The molecule has 2 amide bonds. The van der Waals surface area contributed by atoms with Gasteiger partial charge in [0.1, 0.15) is 11.2 Å². The van der Waals surface area contributed by atoms with Crippen molar-refractivity contribution in [2.75, 3.05) is 13.1 Å². The largest absolute Gasteiger partial charge is 0.443 e. The first-order valence-corrected chi connectivity index (χ1v) is 12.3. The molecule has 0 aromatic carbocycles. The predicted octanol–water partition coefficient (Wildman–Crippen LogP) is 6.43. The lowest BCUT2D eigenvalue weighted by Gasteiger charge is -2.28. The summed E-state index contributed by atoms with van der Waals surface area (Å²) in [4.78, 5) is 31.6. The van der Waals surface area contributed by atoms with Gasteiger partial charge >= 0.3 is 12.2 Å². The van der Waals surface area contributed by atoms with Gasteiger partial charge in [-0.1, -0.05) is 12.1 Å². The molecule has 4 rings (SSSR count). The molecule has 2 aliphatic heterocycles. The van der Waals surface area contributed by atoms with E-state index in [2.05, 4.69) is 0 Å². The van der Waals surface area contributed by atoms with Crippen molar-refractivity contribution in [2.24, 2.45) is 0 Å². The number of ether oxygens (including phenoxy) is 2. The van der Waals surface area contributed by atoms with Crippen molar-refractivity contribution < 1.29 is 19.1 Å². The minimum atomic E-state index is -0.604. The second-order valence-corrected chi connectivity index (χ2v) is 11.6. The van der Waals surface area contributed by atoms with E-state index in [0.29, 0.717) is 13.1 Å². The molecule has 4 heterocycles. The van der Waals surface area contributed by atoms with Crippen LogP contribution in [0.15, 0.2) is 46.2 Å². The van der Waals surface area contributed by atoms with E-state index in [4.69, 9.17) is 9.47 Å². The van der Waals surface area contributed by atoms with E-state index in [9.17, 15) is 9.59 Å². The third kappa shape index (κ3) is 4.47. The molecule has 32 heavy (non-hydrogen) atoms. The number of carbonyl (C=O) groups is 2. The van der Waals surface area contributed by atoms with Crippen LogP contribution in [0.5, 0.6) is 0 Å². The van der Waals surface area contributed by atoms with Crippen molar-refractivity contribution in [3.05, 3.63) is 55.9 Å². The first-order valence-electron chi connectivity index (χ1n) is 10.5. The molecular formula is C24H28N2O4S2. The van der Waals surface area contributed by atoms with Gasteiger partial charge < -0.3 is 9.47 Å². The molecule has 2 aromatic heterocycles. The van der Waals surface area contributed by atoms with Crippen molar-refractivity contribution in [1.29, 1.82) is 0 Å². The van der Waals surface area contributed by atoms with Gasteiger partial charge in [0.25, 0.3) is 0 Å². The van der Waals surface area contributed by atoms with Gasteiger partial charge in [0.05, 0.1) is 34.2 Å². The summed E-state index contributed by atoms with van der Waals surface area (Å²) in [5, 5.41) is 3.97. The minimum Gasteiger partial charge on any atom is -0.443 e. The van der Waals surface area contributed by atoms with Crippen LogP contribution in [-0.4, -0.2) is 46.3 Å². The number of nitrogens with zero attached hydrogens (tertiary/aromatic N) is 2. The van der Waals surface area contributed by atoms with Gasteiger partial charge in [-0.3, -0.25) is 9.80 Å². The van der Waals surface area contributed by atoms with Crippen LogP contribution in [0.2, 0.25) is 0 Å². The molecule has 6 nitrogen and oxygen atoms in total. The second kappa shape index (κ2) is 8.08. The quantitative estimate of drug-likeness (QED) is 0.505. The van der Waals surface area contributed by atoms with Crippen LogP contribution in [0, 0.1) is 0 Å². The summed E-state index contributed by atoms with van der Waals surface area (Å²) in [6.45, 7) is 11.9. The summed E-state index contributed by atoms with van der Waals surface area (Å²) >= 11 is 3.13. The smallest absolute Gasteiger partial charge is 0.415 e. The minimum absolute atomic E-state index is 0.351. The Hall–Kier alpha value is -2.58. The second-order valence-electron chi connectivity index (χ2n) is 9.74. The molecule has 0 N–H and O–H groups in total. The standard InChI is InChI=1S/C24H28N2O4S2/c1-23(2,3)29-21(27)25-13-15-16(19(25)17-9-7-11-31-17)14-26(22(28)30-24(4,5)6)20(15)18-10-8-12-32-18/h7-12H,13-14H2,1-6H3.